The second kappa shape index (κ2) is 12.7. The van der Waals surface area contributed by atoms with Crippen LogP contribution in [0, 0.1) is 69.0 Å². The minimum absolute atomic E-state index is 0.0436. The molecule has 4 atom stereocenters. The summed E-state index contributed by atoms with van der Waals surface area (Å²) in [5, 5.41) is 36.5. The second-order valence-electron chi connectivity index (χ2n) is 7.78. The molecule has 0 bridgehead atoms. The van der Waals surface area contributed by atoms with Crippen molar-refractivity contribution in [1.29, 1.82) is 21.0 Å². The molecule has 0 aromatic heterocycles. The number of nitriles is 4. The molecule has 4 nitrogen and oxygen atoms in total. The Balaban J connectivity index is 5.27. The van der Waals surface area contributed by atoms with Gasteiger partial charge in [0.05, 0.1) is 0 Å². The Morgan fingerprint density at radius 2 is 0.720 bits per heavy atom. The van der Waals surface area contributed by atoms with Gasteiger partial charge >= 0.3 is 154 Å². The van der Waals surface area contributed by atoms with Gasteiger partial charge in [-0.05, 0) is 0 Å². The molecule has 25 heavy (non-hydrogen) atoms. The summed E-state index contributed by atoms with van der Waals surface area (Å²) in [6, 6.07) is 9.32. The molecule has 0 saturated heterocycles. The third-order valence-corrected chi connectivity index (χ3v) is 10.7. The van der Waals surface area contributed by atoms with E-state index in [4.69, 9.17) is 21.0 Å². The first-order valence-corrected chi connectivity index (χ1v) is 12.2. The van der Waals surface area contributed by atoms with E-state index in [1.165, 1.54) is 0 Å². The van der Waals surface area contributed by atoms with Gasteiger partial charge in [-0.15, -0.1) is 0 Å². The third-order valence-electron chi connectivity index (χ3n) is 5.31. The molecule has 0 spiro atoms. The molecule has 0 radical (unpaired) electrons. The van der Waals surface area contributed by atoms with Crippen molar-refractivity contribution in [3.8, 4) is 24.3 Å². The van der Waals surface area contributed by atoms with E-state index in [0.29, 0.717) is 0 Å². The first-order chi connectivity index (χ1) is 11.8. The van der Waals surface area contributed by atoms with Crippen LogP contribution >= 0.6 is 7.26 Å². The monoisotopic (exact) mass is 360 g/mol. The average Bonchev–Trinajstić information content (AvgIpc) is 2.65. The fraction of sp³-hybridized carbons (Fsp3) is 0.800. The van der Waals surface area contributed by atoms with Crippen molar-refractivity contribution in [2.24, 2.45) is 23.7 Å². The molecule has 0 aromatic carbocycles. The van der Waals surface area contributed by atoms with Gasteiger partial charge in [0.15, 0.2) is 0 Å². The zero-order chi connectivity index (χ0) is 19.3. The first kappa shape index (κ1) is 23.4. The van der Waals surface area contributed by atoms with Crippen LogP contribution in [0.5, 0.6) is 0 Å². The van der Waals surface area contributed by atoms with Crippen LogP contribution in [0.1, 0.15) is 53.4 Å². The molecule has 0 saturated carbocycles. The van der Waals surface area contributed by atoms with Gasteiger partial charge in [0, 0.05) is 0 Å². The van der Waals surface area contributed by atoms with E-state index >= 15 is 0 Å². The Bertz CT molecular complexity index is 444. The molecule has 138 valence electrons. The van der Waals surface area contributed by atoms with Crippen LogP contribution in [0.2, 0.25) is 0 Å². The zero-order valence-electron chi connectivity index (χ0n) is 16.3. The van der Waals surface area contributed by atoms with Gasteiger partial charge in [0.25, 0.3) is 0 Å². The molecule has 5 heteroatoms. The van der Waals surface area contributed by atoms with Gasteiger partial charge in [-0.2, -0.15) is 0 Å². The molecule has 4 unspecified atom stereocenters. The molecule has 0 amide bonds. The summed E-state index contributed by atoms with van der Waals surface area (Å²) in [7, 11) is -1.72. The van der Waals surface area contributed by atoms with Gasteiger partial charge in [0.2, 0.25) is 0 Å². The van der Waals surface area contributed by atoms with E-state index in [0.717, 1.165) is 50.3 Å². The summed E-state index contributed by atoms with van der Waals surface area (Å²) in [4.78, 5) is 0. The fourth-order valence-electron chi connectivity index (χ4n) is 3.10. The van der Waals surface area contributed by atoms with E-state index in [9.17, 15) is 0 Å². The molecular formula is C20H33N4P. The van der Waals surface area contributed by atoms with E-state index < -0.39 is 7.26 Å². The molecule has 0 N–H and O–H groups in total. The maximum absolute atomic E-state index is 9.14. The Kier molecular flexibility index (Phi) is 11.9. The van der Waals surface area contributed by atoms with Crippen LogP contribution in [0.3, 0.4) is 0 Å². The molecule has 0 fully saturated rings. The Hall–Kier alpha value is -1.61. The van der Waals surface area contributed by atoms with Crippen molar-refractivity contribution >= 4 is 7.26 Å². The van der Waals surface area contributed by atoms with E-state index in [-0.39, 0.29) is 23.7 Å². The molecule has 0 heterocycles. The average molecular weight is 360 g/mol. The van der Waals surface area contributed by atoms with Gasteiger partial charge in [-0.1, -0.05) is 0 Å². The van der Waals surface area contributed by atoms with Gasteiger partial charge in [-0.3, -0.25) is 0 Å². The van der Waals surface area contributed by atoms with Gasteiger partial charge < -0.3 is 0 Å². The van der Waals surface area contributed by atoms with Crippen molar-refractivity contribution in [2.45, 2.75) is 53.4 Å². The Morgan fingerprint density at radius 3 is 0.880 bits per heavy atom. The SMILES string of the molecule is CC(C#N)CC[PH](CCC(C)C#N)(CCC(C)C#N)CCC(C)C#N. The van der Waals surface area contributed by atoms with Crippen molar-refractivity contribution in [2.75, 3.05) is 24.6 Å². The van der Waals surface area contributed by atoms with Crippen LogP contribution in [0.4, 0.5) is 0 Å². The van der Waals surface area contributed by atoms with Crippen LogP contribution in [0.15, 0.2) is 0 Å². The molecule has 0 aromatic rings. The summed E-state index contributed by atoms with van der Waals surface area (Å²) >= 11 is 0. The standard InChI is InChI=1S/C20H33N4P/c1-17(13-21)5-9-25(10-6-18(2)14-22,11-7-19(3)15-23)12-8-20(4)16-24/h17-20,25H,5-12H2,1-4H3. The van der Waals surface area contributed by atoms with Crippen molar-refractivity contribution in [1.82, 2.24) is 0 Å². The fourth-order valence-corrected chi connectivity index (χ4v) is 8.78. The van der Waals surface area contributed by atoms with Crippen LogP contribution in [-0.4, -0.2) is 24.6 Å². The summed E-state index contributed by atoms with van der Waals surface area (Å²) < 4.78 is 0. The van der Waals surface area contributed by atoms with E-state index in [2.05, 4.69) is 24.3 Å². The summed E-state index contributed by atoms with van der Waals surface area (Å²) in [5.41, 5.74) is 0. The Labute approximate surface area is 154 Å². The van der Waals surface area contributed by atoms with E-state index in [1.54, 1.807) is 0 Å². The molecule has 0 rings (SSSR count). The molecular weight excluding hydrogens is 327 g/mol. The van der Waals surface area contributed by atoms with Crippen LogP contribution in [-0.2, 0) is 0 Å². The minimum atomic E-state index is -1.72. The predicted molar refractivity (Wildman–Crippen MR) is 105 cm³/mol. The topological polar surface area (TPSA) is 95.2 Å². The number of hydrogen-bond acceptors (Lipinski definition) is 4. The van der Waals surface area contributed by atoms with Crippen molar-refractivity contribution in [3.63, 3.8) is 0 Å². The van der Waals surface area contributed by atoms with Crippen molar-refractivity contribution in [3.05, 3.63) is 0 Å². The molecule has 0 aliphatic carbocycles. The summed E-state index contributed by atoms with van der Waals surface area (Å²) in [6.07, 6.45) is 7.84. The summed E-state index contributed by atoms with van der Waals surface area (Å²) in [6.45, 7) is 7.86. The first-order valence-electron chi connectivity index (χ1n) is 9.41. The second-order valence-corrected chi connectivity index (χ2v) is 12.8. The summed E-state index contributed by atoms with van der Waals surface area (Å²) in [5.74, 6) is 0.174. The number of hydrogen-bond donors (Lipinski definition) is 0. The van der Waals surface area contributed by atoms with E-state index in [1.807, 2.05) is 27.7 Å². The molecule has 0 aliphatic rings. The van der Waals surface area contributed by atoms with Crippen LogP contribution in [0.25, 0.3) is 0 Å². The van der Waals surface area contributed by atoms with Crippen LogP contribution < -0.4 is 0 Å². The Morgan fingerprint density at radius 1 is 0.520 bits per heavy atom. The zero-order valence-corrected chi connectivity index (χ0v) is 17.3. The third kappa shape index (κ3) is 10.1. The number of rotatable bonds is 12. The van der Waals surface area contributed by atoms with Gasteiger partial charge in [-0.25, -0.2) is 0 Å². The quantitative estimate of drug-likeness (QED) is 0.461. The predicted octanol–water partition coefficient (Wildman–Crippen LogP) is 4.94. The maximum atomic E-state index is 9.14. The van der Waals surface area contributed by atoms with Gasteiger partial charge in [0.1, 0.15) is 0 Å². The molecule has 0 aliphatic heterocycles. The normalized spacial score (nSPS) is 16.3. The number of nitrogens with zero attached hydrogens (tertiary/aromatic N) is 4. The van der Waals surface area contributed by atoms with Crippen molar-refractivity contribution < 1.29 is 0 Å².